The fourth-order valence-corrected chi connectivity index (χ4v) is 2.08. The molecule has 4 nitrogen and oxygen atoms in total. The van der Waals surface area contributed by atoms with Crippen LogP contribution in [0.5, 0.6) is 0 Å². The molecule has 0 fully saturated rings. The fourth-order valence-electron chi connectivity index (χ4n) is 2.08. The highest BCUT2D eigenvalue weighted by molar-refractivity contribution is 5.83. The number of methoxy groups -OCH3 is 1. The van der Waals surface area contributed by atoms with Crippen LogP contribution in [-0.4, -0.2) is 30.1 Å². The molecular formula is C17H32O4. The van der Waals surface area contributed by atoms with E-state index < -0.39 is 6.10 Å². The number of aliphatic hydroxyl groups excluding tert-OH is 1. The Balaban J connectivity index is 3.47. The van der Waals surface area contributed by atoms with Crippen LogP contribution in [0.2, 0.25) is 0 Å². The molecule has 21 heavy (non-hydrogen) atoms. The summed E-state index contributed by atoms with van der Waals surface area (Å²) in [7, 11) is 1.41. The number of unbranched alkanes of at least 4 members (excludes halogenated alkanes) is 5. The van der Waals surface area contributed by atoms with Crippen LogP contribution in [-0.2, 0) is 14.3 Å². The maximum atomic E-state index is 11.8. The Morgan fingerprint density at radius 1 is 1.00 bits per heavy atom. The number of carbonyl (C=O) groups excluding carboxylic acids is 2. The molecule has 0 saturated heterocycles. The summed E-state index contributed by atoms with van der Waals surface area (Å²) in [6.07, 6.45) is 7.13. The van der Waals surface area contributed by atoms with Gasteiger partial charge >= 0.3 is 5.97 Å². The van der Waals surface area contributed by atoms with Crippen LogP contribution >= 0.6 is 0 Å². The molecule has 0 aliphatic rings. The first-order chi connectivity index (χ1) is 9.77. The highest BCUT2D eigenvalue weighted by Gasteiger charge is 2.23. The minimum Gasteiger partial charge on any atom is -0.469 e. The number of aliphatic hydroxyl groups is 1. The maximum Gasteiger partial charge on any atom is 0.305 e. The standard InChI is InChI=1S/C17H32O4/c1-17(2,3)15(19)13-14(18)11-9-7-5-6-8-10-12-16(20)21-4/h14,18H,5-13H2,1-4H3. The normalized spacial score (nSPS) is 13.0. The molecule has 0 saturated carbocycles. The number of hydrogen-bond donors (Lipinski definition) is 1. The predicted octanol–water partition coefficient (Wildman–Crippen LogP) is 3.65. The van der Waals surface area contributed by atoms with E-state index in [1.54, 1.807) is 0 Å². The molecule has 0 aliphatic carbocycles. The Morgan fingerprint density at radius 3 is 2.05 bits per heavy atom. The van der Waals surface area contributed by atoms with Gasteiger partial charge in [-0.15, -0.1) is 0 Å². The highest BCUT2D eigenvalue weighted by atomic mass is 16.5. The zero-order valence-electron chi connectivity index (χ0n) is 14.1. The Labute approximate surface area is 129 Å². The number of hydrogen-bond acceptors (Lipinski definition) is 4. The molecule has 0 rings (SSSR count). The quantitative estimate of drug-likeness (QED) is 0.467. The van der Waals surface area contributed by atoms with E-state index in [9.17, 15) is 14.7 Å². The molecule has 0 aromatic heterocycles. The van der Waals surface area contributed by atoms with Crippen molar-refractivity contribution < 1.29 is 19.4 Å². The van der Waals surface area contributed by atoms with Crippen LogP contribution < -0.4 is 0 Å². The molecule has 0 bridgehead atoms. The van der Waals surface area contributed by atoms with Gasteiger partial charge in [-0.25, -0.2) is 0 Å². The van der Waals surface area contributed by atoms with E-state index >= 15 is 0 Å². The SMILES string of the molecule is COC(=O)CCCCCCCCC(O)CC(=O)C(C)(C)C. The van der Waals surface area contributed by atoms with Crippen LogP contribution in [0.25, 0.3) is 0 Å². The summed E-state index contributed by atoms with van der Waals surface area (Å²) in [4.78, 5) is 22.7. The molecule has 0 aromatic rings. The van der Waals surface area contributed by atoms with Crippen molar-refractivity contribution in [2.75, 3.05) is 7.11 Å². The second-order valence-corrected chi connectivity index (χ2v) is 6.77. The average Bonchev–Trinajstić information content (AvgIpc) is 2.40. The summed E-state index contributed by atoms with van der Waals surface area (Å²) in [6, 6.07) is 0. The van der Waals surface area contributed by atoms with Crippen LogP contribution in [0.1, 0.15) is 78.6 Å². The van der Waals surface area contributed by atoms with E-state index in [4.69, 9.17) is 0 Å². The lowest BCUT2D eigenvalue weighted by Gasteiger charge is -2.19. The predicted molar refractivity (Wildman–Crippen MR) is 84.0 cm³/mol. The summed E-state index contributed by atoms with van der Waals surface area (Å²) in [5.41, 5.74) is -0.360. The van der Waals surface area contributed by atoms with Crippen molar-refractivity contribution in [3.8, 4) is 0 Å². The molecule has 0 aliphatic heterocycles. The van der Waals surface area contributed by atoms with Crippen LogP contribution in [0.3, 0.4) is 0 Å². The fraction of sp³-hybridized carbons (Fsp3) is 0.882. The van der Waals surface area contributed by atoms with Gasteiger partial charge in [-0.3, -0.25) is 9.59 Å². The molecule has 0 heterocycles. The summed E-state index contributed by atoms with van der Waals surface area (Å²) in [5.74, 6) is -0.0144. The van der Waals surface area contributed by atoms with Crippen molar-refractivity contribution in [1.82, 2.24) is 0 Å². The molecule has 0 aromatic carbocycles. The zero-order chi connectivity index (χ0) is 16.3. The topological polar surface area (TPSA) is 63.6 Å². The van der Waals surface area contributed by atoms with Crippen molar-refractivity contribution in [2.45, 2.75) is 84.7 Å². The first-order valence-corrected chi connectivity index (χ1v) is 8.05. The third-order valence-corrected chi connectivity index (χ3v) is 3.65. The van der Waals surface area contributed by atoms with E-state index in [2.05, 4.69) is 4.74 Å². The number of rotatable bonds is 11. The Kier molecular flexibility index (Phi) is 10.3. The Hall–Kier alpha value is -0.900. The lowest BCUT2D eigenvalue weighted by Crippen LogP contribution is -2.25. The van der Waals surface area contributed by atoms with Crippen molar-refractivity contribution in [1.29, 1.82) is 0 Å². The second-order valence-electron chi connectivity index (χ2n) is 6.77. The van der Waals surface area contributed by atoms with Gasteiger partial charge in [0.2, 0.25) is 0 Å². The van der Waals surface area contributed by atoms with Crippen LogP contribution in [0.15, 0.2) is 0 Å². The van der Waals surface area contributed by atoms with Gasteiger partial charge in [0.05, 0.1) is 13.2 Å². The molecule has 124 valence electrons. The van der Waals surface area contributed by atoms with Crippen molar-refractivity contribution >= 4 is 11.8 Å². The third-order valence-electron chi connectivity index (χ3n) is 3.65. The van der Waals surface area contributed by atoms with Gasteiger partial charge in [-0.2, -0.15) is 0 Å². The molecule has 0 spiro atoms. The lowest BCUT2D eigenvalue weighted by molar-refractivity contribution is -0.140. The van der Waals surface area contributed by atoms with Crippen molar-refractivity contribution in [3.63, 3.8) is 0 Å². The molecule has 0 radical (unpaired) electrons. The number of carbonyl (C=O) groups is 2. The number of Topliss-reactive ketones (excluding diaryl/α,β-unsaturated/α-hetero) is 1. The second kappa shape index (κ2) is 10.8. The van der Waals surface area contributed by atoms with E-state index in [0.717, 1.165) is 38.5 Å². The summed E-state index contributed by atoms with van der Waals surface area (Å²) in [6.45, 7) is 5.66. The first kappa shape index (κ1) is 20.1. The number of ether oxygens (including phenoxy) is 1. The Morgan fingerprint density at radius 2 is 1.52 bits per heavy atom. The van der Waals surface area contributed by atoms with Gasteiger partial charge in [0.1, 0.15) is 5.78 Å². The van der Waals surface area contributed by atoms with E-state index in [1.807, 2.05) is 20.8 Å². The summed E-state index contributed by atoms with van der Waals surface area (Å²) < 4.78 is 4.58. The molecular weight excluding hydrogens is 268 g/mol. The summed E-state index contributed by atoms with van der Waals surface area (Å²) >= 11 is 0. The summed E-state index contributed by atoms with van der Waals surface area (Å²) in [5, 5.41) is 9.84. The average molecular weight is 300 g/mol. The van der Waals surface area contributed by atoms with Crippen molar-refractivity contribution in [2.24, 2.45) is 5.41 Å². The van der Waals surface area contributed by atoms with E-state index in [-0.39, 0.29) is 23.6 Å². The number of ketones is 1. The molecule has 1 atom stereocenters. The molecule has 4 heteroatoms. The monoisotopic (exact) mass is 300 g/mol. The van der Waals surface area contributed by atoms with Gasteiger partial charge in [0, 0.05) is 18.3 Å². The van der Waals surface area contributed by atoms with Crippen molar-refractivity contribution in [3.05, 3.63) is 0 Å². The number of esters is 1. The highest BCUT2D eigenvalue weighted by Crippen LogP contribution is 2.19. The lowest BCUT2D eigenvalue weighted by atomic mass is 9.87. The van der Waals surface area contributed by atoms with E-state index in [1.165, 1.54) is 7.11 Å². The maximum absolute atomic E-state index is 11.8. The minimum atomic E-state index is -0.504. The molecule has 1 unspecified atom stereocenters. The van der Waals surface area contributed by atoms with Crippen LogP contribution in [0, 0.1) is 5.41 Å². The largest absolute Gasteiger partial charge is 0.469 e. The van der Waals surface area contributed by atoms with Gasteiger partial charge in [-0.1, -0.05) is 52.9 Å². The van der Waals surface area contributed by atoms with E-state index in [0.29, 0.717) is 12.8 Å². The zero-order valence-corrected chi connectivity index (χ0v) is 14.1. The smallest absolute Gasteiger partial charge is 0.305 e. The first-order valence-electron chi connectivity index (χ1n) is 8.05. The van der Waals surface area contributed by atoms with Gasteiger partial charge in [0.25, 0.3) is 0 Å². The van der Waals surface area contributed by atoms with Gasteiger partial charge in [0.15, 0.2) is 0 Å². The van der Waals surface area contributed by atoms with Gasteiger partial charge in [-0.05, 0) is 12.8 Å². The van der Waals surface area contributed by atoms with Gasteiger partial charge < -0.3 is 9.84 Å². The minimum absolute atomic E-state index is 0.123. The molecule has 1 N–H and O–H groups in total. The molecule has 0 amide bonds. The third kappa shape index (κ3) is 11.4. The Bertz CT molecular complexity index is 304. The van der Waals surface area contributed by atoms with Crippen LogP contribution in [0.4, 0.5) is 0 Å².